The number of carbonyl (C=O) groups excluding carboxylic acids is 1. The lowest BCUT2D eigenvalue weighted by molar-refractivity contribution is -0.115. The highest BCUT2D eigenvalue weighted by molar-refractivity contribution is 7.14. The smallest absolute Gasteiger partial charge is 0.230 e. The molecule has 106 valence electrons. The van der Waals surface area contributed by atoms with Gasteiger partial charge in [0.25, 0.3) is 0 Å². The lowest BCUT2D eigenvalue weighted by Gasteiger charge is -2.00. The molecular formula is C15H13N3OS2. The molecule has 0 radical (unpaired) electrons. The van der Waals surface area contributed by atoms with Gasteiger partial charge in [0.05, 0.1) is 12.1 Å². The van der Waals surface area contributed by atoms with Crippen molar-refractivity contribution in [2.45, 2.75) is 6.42 Å². The van der Waals surface area contributed by atoms with Crippen LogP contribution < -0.4 is 11.1 Å². The average molecular weight is 315 g/mol. The first-order valence-corrected chi connectivity index (χ1v) is 8.15. The van der Waals surface area contributed by atoms with Crippen LogP contribution in [0.15, 0.2) is 46.5 Å². The predicted octanol–water partition coefficient (Wildman–Crippen LogP) is 3.64. The van der Waals surface area contributed by atoms with Crippen LogP contribution in [0.25, 0.3) is 11.3 Å². The molecule has 0 bridgehead atoms. The van der Waals surface area contributed by atoms with Crippen molar-refractivity contribution >= 4 is 39.4 Å². The summed E-state index contributed by atoms with van der Waals surface area (Å²) in [4.78, 5) is 16.3. The van der Waals surface area contributed by atoms with Gasteiger partial charge in [0.1, 0.15) is 0 Å². The number of hydrogen-bond donors (Lipinski definition) is 2. The van der Waals surface area contributed by atoms with E-state index >= 15 is 0 Å². The molecule has 0 aliphatic rings. The quantitative estimate of drug-likeness (QED) is 0.722. The molecule has 0 unspecified atom stereocenters. The first-order chi connectivity index (χ1) is 10.2. The van der Waals surface area contributed by atoms with Gasteiger partial charge in [-0.25, -0.2) is 4.98 Å². The Morgan fingerprint density at radius 3 is 2.95 bits per heavy atom. The average Bonchev–Trinajstić information content (AvgIpc) is 3.10. The van der Waals surface area contributed by atoms with Gasteiger partial charge in [-0.15, -0.1) is 11.3 Å². The van der Waals surface area contributed by atoms with Gasteiger partial charge in [-0.1, -0.05) is 12.1 Å². The van der Waals surface area contributed by atoms with Crippen LogP contribution in [-0.4, -0.2) is 10.9 Å². The number of rotatable bonds is 4. The van der Waals surface area contributed by atoms with Gasteiger partial charge in [0, 0.05) is 16.6 Å². The van der Waals surface area contributed by atoms with Crippen molar-refractivity contribution < 1.29 is 4.79 Å². The summed E-state index contributed by atoms with van der Waals surface area (Å²) in [7, 11) is 0. The summed E-state index contributed by atoms with van der Waals surface area (Å²) in [6.07, 6.45) is 0.372. The Morgan fingerprint density at radius 1 is 1.29 bits per heavy atom. The lowest BCUT2D eigenvalue weighted by atomic mass is 10.1. The topological polar surface area (TPSA) is 68.0 Å². The van der Waals surface area contributed by atoms with Crippen LogP contribution in [0.1, 0.15) is 5.56 Å². The molecule has 1 amide bonds. The molecule has 2 heterocycles. The summed E-state index contributed by atoms with van der Waals surface area (Å²) < 4.78 is 0. The third-order valence-electron chi connectivity index (χ3n) is 2.88. The standard InChI is InChI=1S/C15H13N3OS2/c16-12-3-1-2-11(7-12)13-9-21-15(17-13)18-14(19)6-10-4-5-20-8-10/h1-5,7-9H,6,16H2,(H,17,18,19). The van der Waals surface area contributed by atoms with E-state index < -0.39 is 0 Å². The summed E-state index contributed by atoms with van der Waals surface area (Å²) in [6, 6.07) is 9.48. The normalized spacial score (nSPS) is 10.5. The first-order valence-electron chi connectivity index (χ1n) is 6.33. The molecule has 3 aromatic rings. The fraction of sp³-hybridized carbons (Fsp3) is 0.0667. The number of carbonyl (C=O) groups is 1. The van der Waals surface area contributed by atoms with E-state index in [1.54, 1.807) is 11.3 Å². The molecule has 3 rings (SSSR count). The molecule has 0 saturated carbocycles. The van der Waals surface area contributed by atoms with E-state index in [2.05, 4.69) is 10.3 Å². The Balaban J connectivity index is 1.69. The second kappa shape index (κ2) is 6.07. The second-order valence-corrected chi connectivity index (χ2v) is 6.16. The molecule has 0 saturated heterocycles. The minimum absolute atomic E-state index is 0.0538. The largest absolute Gasteiger partial charge is 0.399 e. The summed E-state index contributed by atoms with van der Waals surface area (Å²) in [6.45, 7) is 0. The monoisotopic (exact) mass is 315 g/mol. The summed E-state index contributed by atoms with van der Waals surface area (Å²) >= 11 is 3.00. The van der Waals surface area contributed by atoms with Crippen molar-refractivity contribution in [1.82, 2.24) is 4.98 Å². The van der Waals surface area contributed by atoms with E-state index in [4.69, 9.17) is 5.73 Å². The molecule has 0 spiro atoms. The van der Waals surface area contributed by atoms with Gasteiger partial charge in [0.2, 0.25) is 5.91 Å². The molecule has 2 aromatic heterocycles. The first kappa shape index (κ1) is 13.8. The molecular weight excluding hydrogens is 302 g/mol. The zero-order chi connectivity index (χ0) is 14.7. The number of amides is 1. The highest BCUT2D eigenvalue weighted by Crippen LogP contribution is 2.26. The SMILES string of the molecule is Nc1cccc(-c2csc(NC(=O)Cc3ccsc3)n2)c1. The number of nitrogens with one attached hydrogen (secondary N) is 1. The number of thiophene rings is 1. The molecule has 0 aliphatic carbocycles. The van der Waals surface area contributed by atoms with Crippen molar-refractivity contribution in [2.75, 3.05) is 11.1 Å². The minimum Gasteiger partial charge on any atom is -0.399 e. The fourth-order valence-corrected chi connectivity index (χ4v) is 3.31. The number of anilines is 2. The Bertz CT molecular complexity index is 750. The van der Waals surface area contributed by atoms with Gasteiger partial charge in [-0.05, 0) is 34.5 Å². The number of nitrogen functional groups attached to an aromatic ring is 1. The van der Waals surface area contributed by atoms with Gasteiger partial charge in [0.15, 0.2) is 5.13 Å². The predicted molar refractivity (Wildman–Crippen MR) is 88.6 cm³/mol. The molecule has 4 nitrogen and oxygen atoms in total. The number of nitrogens with two attached hydrogens (primary N) is 1. The van der Waals surface area contributed by atoms with Gasteiger partial charge in [-0.3, -0.25) is 4.79 Å². The van der Waals surface area contributed by atoms with E-state index in [-0.39, 0.29) is 5.91 Å². The third kappa shape index (κ3) is 3.48. The summed E-state index contributed by atoms with van der Waals surface area (Å²) in [5.41, 5.74) is 9.25. The lowest BCUT2D eigenvalue weighted by Crippen LogP contribution is -2.13. The fourth-order valence-electron chi connectivity index (χ4n) is 1.90. The van der Waals surface area contributed by atoms with Crippen LogP contribution in [0.5, 0.6) is 0 Å². The van der Waals surface area contributed by atoms with Crippen LogP contribution in [0.2, 0.25) is 0 Å². The van der Waals surface area contributed by atoms with E-state index in [9.17, 15) is 4.79 Å². The maximum absolute atomic E-state index is 11.9. The van der Waals surface area contributed by atoms with Crippen molar-refractivity contribution in [3.05, 3.63) is 52.0 Å². The van der Waals surface area contributed by atoms with E-state index in [1.807, 2.05) is 46.5 Å². The van der Waals surface area contributed by atoms with Crippen LogP contribution in [0, 0.1) is 0 Å². The molecule has 3 N–H and O–H groups in total. The van der Waals surface area contributed by atoms with Crippen molar-refractivity contribution in [1.29, 1.82) is 0 Å². The maximum Gasteiger partial charge on any atom is 0.230 e. The molecule has 21 heavy (non-hydrogen) atoms. The highest BCUT2D eigenvalue weighted by Gasteiger charge is 2.09. The minimum atomic E-state index is -0.0538. The number of benzene rings is 1. The van der Waals surface area contributed by atoms with Crippen LogP contribution in [0.4, 0.5) is 10.8 Å². The number of thiazole rings is 1. The molecule has 6 heteroatoms. The van der Waals surface area contributed by atoms with Crippen LogP contribution in [0.3, 0.4) is 0 Å². The molecule has 0 atom stereocenters. The Morgan fingerprint density at radius 2 is 2.19 bits per heavy atom. The third-order valence-corrected chi connectivity index (χ3v) is 4.37. The molecule has 0 aliphatic heterocycles. The second-order valence-electron chi connectivity index (χ2n) is 4.52. The van der Waals surface area contributed by atoms with Crippen LogP contribution >= 0.6 is 22.7 Å². The Hall–Kier alpha value is -2.18. The number of nitrogens with zero attached hydrogens (tertiary/aromatic N) is 1. The van der Waals surface area contributed by atoms with Crippen molar-refractivity contribution in [2.24, 2.45) is 0 Å². The Kier molecular flexibility index (Phi) is 3.98. The Labute approximate surface area is 130 Å². The van der Waals surface area contributed by atoms with Gasteiger partial charge >= 0.3 is 0 Å². The van der Waals surface area contributed by atoms with E-state index in [0.717, 1.165) is 16.8 Å². The molecule has 0 fully saturated rings. The highest BCUT2D eigenvalue weighted by atomic mass is 32.1. The zero-order valence-corrected chi connectivity index (χ0v) is 12.7. The molecule has 1 aromatic carbocycles. The summed E-state index contributed by atoms with van der Waals surface area (Å²) in [5, 5.41) is 9.28. The van der Waals surface area contributed by atoms with Crippen molar-refractivity contribution in [3.63, 3.8) is 0 Å². The van der Waals surface area contributed by atoms with Gasteiger partial charge < -0.3 is 11.1 Å². The maximum atomic E-state index is 11.9. The van der Waals surface area contributed by atoms with E-state index in [1.165, 1.54) is 11.3 Å². The summed E-state index contributed by atoms with van der Waals surface area (Å²) in [5.74, 6) is -0.0538. The zero-order valence-electron chi connectivity index (χ0n) is 11.1. The number of aromatic nitrogens is 1. The number of hydrogen-bond acceptors (Lipinski definition) is 5. The van der Waals surface area contributed by atoms with Crippen LogP contribution in [-0.2, 0) is 11.2 Å². The van der Waals surface area contributed by atoms with Gasteiger partial charge in [-0.2, -0.15) is 11.3 Å². The van der Waals surface area contributed by atoms with Crippen molar-refractivity contribution in [3.8, 4) is 11.3 Å². The van der Waals surface area contributed by atoms with E-state index in [0.29, 0.717) is 17.2 Å².